The van der Waals surface area contributed by atoms with Crippen molar-refractivity contribution < 1.29 is 4.79 Å². The first-order valence-corrected chi connectivity index (χ1v) is 10.5. The quantitative estimate of drug-likeness (QED) is 0.363. The molecule has 5 rings (SSSR count). The molecule has 0 unspecified atom stereocenters. The van der Waals surface area contributed by atoms with Gasteiger partial charge in [-0.1, -0.05) is 66.2 Å². The lowest BCUT2D eigenvalue weighted by molar-refractivity contribution is -0.112. The van der Waals surface area contributed by atoms with E-state index in [-0.39, 0.29) is 5.91 Å². The lowest BCUT2D eigenvalue weighted by Crippen LogP contribution is -2.25. The van der Waals surface area contributed by atoms with E-state index in [1.54, 1.807) is 0 Å². The molecular formula is C26H21ClN2O. The Morgan fingerprint density at radius 2 is 1.67 bits per heavy atom. The second-order valence-electron chi connectivity index (χ2n) is 7.45. The maximum atomic E-state index is 13.1. The van der Waals surface area contributed by atoms with Gasteiger partial charge in [-0.2, -0.15) is 0 Å². The summed E-state index contributed by atoms with van der Waals surface area (Å²) >= 11 is 6.40. The summed E-state index contributed by atoms with van der Waals surface area (Å²) in [4.78, 5) is 14.9. The molecule has 1 aliphatic rings. The summed E-state index contributed by atoms with van der Waals surface area (Å²) < 4.78 is 2.20. The molecule has 148 valence electrons. The third-order valence-electron chi connectivity index (χ3n) is 5.69. The molecule has 0 bridgehead atoms. The number of carbonyl (C=O) groups is 1. The van der Waals surface area contributed by atoms with Crippen LogP contribution < -0.4 is 4.90 Å². The van der Waals surface area contributed by atoms with E-state index >= 15 is 0 Å². The molecule has 2 heterocycles. The van der Waals surface area contributed by atoms with Gasteiger partial charge in [0, 0.05) is 51.9 Å². The minimum Gasteiger partial charge on any atom is -0.342 e. The largest absolute Gasteiger partial charge is 0.342 e. The average molecular weight is 413 g/mol. The number of hydrogen-bond acceptors (Lipinski definition) is 1. The first-order chi connectivity index (χ1) is 14.7. The highest BCUT2D eigenvalue weighted by molar-refractivity contribution is 6.36. The number of halogens is 1. The number of nitrogens with zero attached hydrogens (tertiary/aromatic N) is 2. The molecule has 0 N–H and O–H groups in total. The fourth-order valence-electron chi connectivity index (χ4n) is 4.25. The summed E-state index contributed by atoms with van der Waals surface area (Å²) in [7, 11) is 0. The topological polar surface area (TPSA) is 25.2 Å². The summed E-state index contributed by atoms with van der Waals surface area (Å²) in [6.45, 7) is 3.34. The average Bonchev–Trinajstić information content (AvgIpc) is 3.25. The van der Waals surface area contributed by atoms with Crippen molar-refractivity contribution >= 4 is 45.7 Å². The van der Waals surface area contributed by atoms with Gasteiger partial charge in [0.05, 0.1) is 5.69 Å². The highest BCUT2D eigenvalue weighted by Crippen LogP contribution is 2.38. The van der Waals surface area contributed by atoms with E-state index in [4.69, 9.17) is 11.6 Å². The van der Waals surface area contributed by atoms with Crippen molar-refractivity contribution in [3.63, 3.8) is 0 Å². The molecule has 0 aliphatic carbocycles. The van der Waals surface area contributed by atoms with E-state index in [0.717, 1.165) is 43.9 Å². The van der Waals surface area contributed by atoms with Gasteiger partial charge in [-0.05, 0) is 36.8 Å². The van der Waals surface area contributed by atoms with E-state index in [1.807, 2.05) is 78.6 Å². The highest BCUT2D eigenvalue weighted by atomic mass is 35.5. The normalized spacial score (nSPS) is 14.7. The van der Waals surface area contributed by atoms with Crippen molar-refractivity contribution in [3.8, 4) is 0 Å². The van der Waals surface area contributed by atoms with Crippen LogP contribution in [0, 0.1) is 0 Å². The molecule has 1 amide bonds. The Balaban J connectivity index is 1.64. The Bertz CT molecular complexity index is 1300. The summed E-state index contributed by atoms with van der Waals surface area (Å²) in [6.07, 6.45) is 4.15. The molecule has 4 heteroatoms. The van der Waals surface area contributed by atoms with Crippen LogP contribution in [0.15, 0.2) is 79.0 Å². The summed E-state index contributed by atoms with van der Waals surface area (Å²) in [5, 5.41) is 1.88. The Labute approximate surface area is 180 Å². The number of para-hydroxylation sites is 2. The molecule has 3 nitrogen and oxygen atoms in total. The van der Waals surface area contributed by atoms with Gasteiger partial charge in [-0.25, -0.2) is 0 Å². The van der Waals surface area contributed by atoms with Gasteiger partial charge in [0.2, 0.25) is 0 Å². The van der Waals surface area contributed by atoms with Crippen LogP contribution in [0.2, 0.25) is 5.02 Å². The number of amides is 1. The SMILES string of the molecule is CCN1C(=O)/C(=C/c2cn(Cc3ccccc3Cl)c3ccccc23)c2ccccc21. The first kappa shape index (κ1) is 18.7. The summed E-state index contributed by atoms with van der Waals surface area (Å²) in [5.74, 6) is 0.0571. The maximum Gasteiger partial charge on any atom is 0.258 e. The number of rotatable bonds is 4. The number of carbonyl (C=O) groups excluding carboxylic acids is 1. The van der Waals surface area contributed by atoms with Gasteiger partial charge >= 0.3 is 0 Å². The van der Waals surface area contributed by atoms with E-state index in [2.05, 4.69) is 22.9 Å². The van der Waals surface area contributed by atoms with Crippen molar-refractivity contribution in [2.24, 2.45) is 0 Å². The molecule has 0 saturated heterocycles. The Kier molecular flexibility index (Phi) is 4.68. The number of anilines is 1. The standard InChI is InChI=1S/C26H21ClN2O/c1-2-29-25-14-8-5-11-21(25)22(26(29)30)15-19-17-28(24-13-7-4-10-20(19)24)16-18-9-3-6-12-23(18)27/h3-15,17H,2,16H2,1H3/b22-15+. The smallest absolute Gasteiger partial charge is 0.258 e. The fraction of sp³-hybridized carbons (Fsp3) is 0.115. The van der Waals surface area contributed by atoms with E-state index < -0.39 is 0 Å². The second kappa shape index (κ2) is 7.51. The van der Waals surface area contributed by atoms with Gasteiger partial charge in [-0.3, -0.25) is 4.79 Å². The predicted octanol–water partition coefficient (Wildman–Crippen LogP) is 6.25. The first-order valence-electron chi connectivity index (χ1n) is 10.1. The number of aromatic nitrogens is 1. The Morgan fingerprint density at radius 3 is 2.50 bits per heavy atom. The summed E-state index contributed by atoms with van der Waals surface area (Å²) in [5.41, 5.74) is 5.94. The zero-order valence-corrected chi connectivity index (χ0v) is 17.4. The highest BCUT2D eigenvalue weighted by Gasteiger charge is 2.31. The van der Waals surface area contributed by atoms with Crippen LogP contribution in [0.4, 0.5) is 5.69 Å². The fourth-order valence-corrected chi connectivity index (χ4v) is 4.44. The molecule has 0 fully saturated rings. The van der Waals surface area contributed by atoms with Crippen LogP contribution in [0.25, 0.3) is 22.6 Å². The van der Waals surface area contributed by atoms with Gasteiger partial charge in [0.1, 0.15) is 0 Å². The molecular weight excluding hydrogens is 392 g/mol. The van der Waals surface area contributed by atoms with Crippen LogP contribution in [0.5, 0.6) is 0 Å². The second-order valence-corrected chi connectivity index (χ2v) is 7.85. The van der Waals surface area contributed by atoms with E-state index in [1.165, 1.54) is 0 Å². The van der Waals surface area contributed by atoms with Crippen LogP contribution >= 0.6 is 11.6 Å². The van der Waals surface area contributed by atoms with E-state index in [0.29, 0.717) is 13.1 Å². The minimum atomic E-state index is 0.0571. The third-order valence-corrected chi connectivity index (χ3v) is 6.06. The lowest BCUT2D eigenvalue weighted by atomic mass is 10.0. The van der Waals surface area contributed by atoms with Crippen molar-refractivity contribution in [1.29, 1.82) is 0 Å². The number of fused-ring (bicyclic) bond motifs is 2. The lowest BCUT2D eigenvalue weighted by Gasteiger charge is -2.13. The van der Waals surface area contributed by atoms with Gasteiger partial charge in [0.15, 0.2) is 0 Å². The van der Waals surface area contributed by atoms with Crippen LogP contribution in [0.1, 0.15) is 23.6 Å². The van der Waals surface area contributed by atoms with Crippen molar-refractivity contribution in [2.75, 3.05) is 11.4 Å². The minimum absolute atomic E-state index is 0.0571. The molecule has 30 heavy (non-hydrogen) atoms. The van der Waals surface area contributed by atoms with Crippen LogP contribution in [-0.2, 0) is 11.3 Å². The monoisotopic (exact) mass is 412 g/mol. The van der Waals surface area contributed by atoms with Gasteiger partial charge in [-0.15, -0.1) is 0 Å². The van der Waals surface area contributed by atoms with Crippen LogP contribution in [-0.4, -0.2) is 17.0 Å². The molecule has 3 aromatic carbocycles. The molecule has 0 spiro atoms. The Morgan fingerprint density at radius 1 is 0.933 bits per heavy atom. The van der Waals surface area contributed by atoms with Crippen LogP contribution in [0.3, 0.4) is 0 Å². The third kappa shape index (κ3) is 3.03. The van der Waals surface area contributed by atoms with E-state index in [9.17, 15) is 4.79 Å². The van der Waals surface area contributed by atoms with Crippen molar-refractivity contribution in [3.05, 3.63) is 101 Å². The predicted molar refractivity (Wildman–Crippen MR) is 125 cm³/mol. The number of benzene rings is 3. The number of hydrogen-bond donors (Lipinski definition) is 0. The van der Waals surface area contributed by atoms with Gasteiger partial charge in [0.25, 0.3) is 5.91 Å². The zero-order chi connectivity index (χ0) is 20.7. The molecule has 0 atom stereocenters. The van der Waals surface area contributed by atoms with Crippen molar-refractivity contribution in [2.45, 2.75) is 13.5 Å². The summed E-state index contributed by atoms with van der Waals surface area (Å²) in [6, 6.07) is 24.2. The maximum absolute atomic E-state index is 13.1. The molecule has 0 radical (unpaired) electrons. The molecule has 1 aliphatic heterocycles. The molecule has 4 aromatic rings. The molecule has 1 aromatic heterocycles. The van der Waals surface area contributed by atoms with Gasteiger partial charge < -0.3 is 9.47 Å². The zero-order valence-electron chi connectivity index (χ0n) is 16.7. The Hall–Kier alpha value is -3.30. The molecule has 0 saturated carbocycles. The van der Waals surface area contributed by atoms with Crippen molar-refractivity contribution in [1.82, 2.24) is 4.57 Å². The number of likely N-dealkylation sites (N-methyl/N-ethyl adjacent to an activating group) is 1.